The molecule has 2 rings (SSSR count). The van der Waals surface area contributed by atoms with Crippen LogP contribution in [0.15, 0.2) is 36.7 Å². The minimum Gasteiger partial charge on any atom is -0.480 e. The van der Waals surface area contributed by atoms with E-state index in [2.05, 4.69) is 5.10 Å². The maximum atomic E-state index is 12.6. The molecule has 7 nitrogen and oxygen atoms in total. The van der Waals surface area contributed by atoms with Crippen molar-refractivity contribution in [1.82, 2.24) is 9.78 Å². The monoisotopic (exact) mass is 401 g/mol. The van der Waals surface area contributed by atoms with Crippen LogP contribution < -0.4 is 5.73 Å². The Morgan fingerprint density at radius 3 is 2.33 bits per heavy atom. The van der Waals surface area contributed by atoms with Crippen LogP contribution in [0.2, 0.25) is 0 Å². The summed E-state index contributed by atoms with van der Waals surface area (Å²) < 4.78 is 48.6. The van der Waals surface area contributed by atoms with Crippen molar-refractivity contribution in [3.05, 3.63) is 42.2 Å². The van der Waals surface area contributed by atoms with E-state index in [0.29, 0.717) is 21.4 Å². The predicted molar refractivity (Wildman–Crippen MR) is 95.9 cm³/mol. The number of nitrogens with two attached hydrogens (primary N) is 1. The Kier molecular flexibility index (Phi) is 6.01. The van der Waals surface area contributed by atoms with Crippen molar-refractivity contribution in [2.75, 3.05) is 12.0 Å². The standard InChI is InChI=1S/C17H21F2N3O4S/c1-11(10-27(2,25)26)7-17(20,15(23)24)14-5-3-12(4-6-14)13-8-21-22(9-13)16(18)19/h3-6,8-9,11,16H,7,10,20H2,1-2H3,(H,23,24). The SMILES string of the molecule is CC(CC(N)(C(=O)O)c1ccc(-c2cnn(C(F)F)c2)cc1)CS(C)(=O)=O. The molecule has 0 amide bonds. The Hall–Kier alpha value is -2.33. The van der Waals surface area contributed by atoms with E-state index in [9.17, 15) is 27.1 Å². The highest BCUT2D eigenvalue weighted by molar-refractivity contribution is 7.90. The van der Waals surface area contributed by atoms with Crippen LogP contribution in [0.3, 0.4) is 0 Å². The van der Waals surface area contributed by atoms with Gasteiger partial charge in [-0.3, -0.25) is 0 Å². The molecule has 0 aliphatic carbocycles. The van der Waals surface area contributed by atoms with Gasteiger partial charge in [0.05, 0.1) is 11.9 Å². The lowest BCUT2D eigenvalue weighted by Gasteiger charge is -2.28. The summed E-state index contributed by atoms with van der Waals surface area (Å²) in [5.74, 6) is -1.92. The van der Waals surface area contributed by atoms with Gasteiger partial charge in [-0.05, 0) is 23.5 Å². The Bertz CT molecular complexity index is 913. The van der Waals surface area contributed by atoms with Gasteiger partial charge in [0.15, 0.2) is 0 Å². The quantitative estimate of drug-likeness (QED) is 0.701. The third kappa shape index (κ3) is 5.10. The van der Waals surface area contributed by atoms with E-state index < -0.39 is 33.8 Å². The normalized spacial score (nSPS) is 15.5. The van der Waals surface area contributed by atoms with Gasteiger partial charge < -0.3 is 10.8 Å². The highest BCUT2D eigenvalue weighted by Crippen LogP contribution is 2.30. The molecule has 1 aromatic heterocycles. The number of benzene rings is 1. The summed E-state index contributed by atoms with van der Waals surface area (Å²) in [5, 5.41) is 13.2. The highest BCUT2D eigenvalue weighted by Gasteiger charge is 2.38. The molecular weight excluding hydrogens is 380 g/mol. The summed E-state index contributed by atoms with van der Waals surface area (Å²) in [5.41, 5.74) is 5.65. The molecule has 2 aromatic rings. The summed E-state index contributed by atoms with van der Waals surface area (Å²) in [6.45, 7) is -1.13. The van der Waals surface area contributed by atoms with Gasteiger partial charge >= 0.3 is 12.5 Å². The largest absolute Gasteiger partial charge is 0.480 e. The van der Waals surface area contributed by atoms with Crippen molar-refractivity contribution < 1.29 is 27.1 Å². The van der Waals surface area contributed by atoms with Crippen LogP contribution in [0, 0.1) is 5.92 Å². The van der Waals surface area contributed by atoms with E-state index in [1.165, 1.54) is 24.5 Å². The van der Waals surface area contributed by atoms with Crippen molar-refractivity contribution in [3.8, 4) is 11.1 Å². The molecule has 3 N–H and O–H groups in total. The van der Waals surface area contributed by atoms with Crippen LogP contribution in [0.25, 0.3) is 11.1 Å². The maximum Gasteiger partial charge on any atom is 0.333 e. The number of carboxylic acid groups (broad SMARTS) is 1. The van der Waals surface area contributed by atoms with E-state index in [-0.39, 0.29) is 12.2 Å². The van der Waals surface area contributed by atoms with Gasteiger partial charge in [-0.2, -0.15) is 13.9 Å². The summed E-state index contributed by atoms with van der Waals surface area (Å²) >= 11 is 0. The average molecular weight is 401 g/mol. The Morgan fingerprint density at radius 1 is 1.30 bits per heavy atom. The number of hydrogen-bond acceptors (Lipinski definition) is 5. The lowest BCUT2D eigenvalue weighted by molar-refractivity contribution is -0.144. The fourth-order valence-corrected chi connectivity index (χ4v) is 4.16. The summed E-state index contributed by atoms with van der Waals surface area (Å²) in [6, 6.07) is 6.12. The van der Waals surface area contributed by atoms with Crippen molar-refractivity contribution >= 4 is 15.8 Å². The zero-order valence-corrected chi connectivity index (χ0v) is 15.7. The minimum atomic E-state index is -3.27. The van der Waals surface area contributed by atoms with E-state index in [4.69, 9.17) is 5.73 Å². The van der Waals surface area contributed by atoms with Crippen LogP contribution in [0.1, 0.15) is 25.5 Å². The summed E-state index contributed by atoms with van der Waals surface area (Å²) in [6.07, 6.45) is 3.47. The molecule has 0 aliphatic heterocycles. The van der Waals surface area contributed by atoms with Crippen molar-refractivity contribution in [2.24, 2.45) is 11.7 Å². The second kappa shape index (κ2) is 7.73. The zero-order chi connectivity index (χ0) is 20.4. The number of halogens is 2. The second-order valence-electron chi connectivity index (χ2n) is 6.74. The summed E-state index contributed by atoms with van der Waals surface area (Å²) in [4.78, 5) is 11.8. The van der Waals surface area contributed by atoms with E-state index in [0.717, 1.165) is 6.26 Å². The first-order chi connectivity index (χ1) is 12.4. The van der Waals surface area contributed by atoms with Gasteiger partial charge in [-0.25, -0.2) is 17.9 Å². The Balaban J connectivity index is 2.28. The lowest BCUT2D eigenvalue weighted by Crippen LogP contribution is -2.46. The molecule has 0 radical (unpaired) electrons. The van der Waals surface area contributed by atoms with Gasteiger partial charge in [0, 0.05) is 18.0 Å². The molecule has 0 fully saturated rings. The average Bonchev–Trinajstić information content (AvgIpc) is 3.03. The van der Waals surface area contributed by atoms with Crippen molar-refractivity contribution in [2.45, 2.75) is 25.4 Å². The van der Waals surface area contributed by atoms with Crippen LogP contribution in [-0.2, 0) is 20.2 Å². The molecule has 10 heteroatoms. The number of sulfone groups is 1. The molecule has 0 saturated heterocycles. The number of aliphatic carboxylic acids is 1. The molecule has 0 bridgehead atoms. The van der Waals surface area contributed by atoms with E-state index in [1.54, 1.807) is 19.1 Å². The third-order valence-corrected chi connectivity index (χ3v) is 5.35. The molecule has 148 valence electrons. The predicted octanol–water partition coefficient (Wildman–Crippen LogP) is 2.25. The van der Waals surface area contributed by atoms with E-state index >= 15 is 0 Å². The first-order valence-corrected chi connectivity index (χ1v) is 10.1. The van der Waals surface area contributed by atoms with Crippen LogP contribution in [0.4, 0.5) is 8.78 Å². The smallest absolute Gasteiger partial charge is 0.333 e. The Labute approximate surface area is 155 Å². The van der Waals surface area contributed by atoms with Crippen molar-refractivity contribution in [3.63, 3.8) is 0 Å². The van der Waals surface area contributed by atoms with Crippen molar-refractivity contribution in [1.29, 1.82) is 0 Å². The maximum absolute atomic E-state index is 12.6. The lowest BCUT2D eigenvalue weighted by atomic mass is 9.83. The van der Waals surface area contributed by atoms with Gasteiger partial charge in [0.2, 0.25) is 0 Å². The number of alkyl halides is 2. The van der Waals surface area contributed by atoms with E-state index in [1.807, 2.05) is 0 Å². The number of hydrogen-bond donors (Lipinski definition) is 2. The fourth-order valence-electron chi connectivity index (χ4n) is 3.01. The number of rotatable bonds is 8. The molecule has 2 unspecified atom stereocenters. The molecule has 1 aromatic carbocycles. The molecule has 0 spiro atoms. The summed E-state index contributed by atoms with van der Waals surface area (Å²) in [7, 11) is -3.27. The van der Waals surface area contributed by atoms with Crippen LogP contribution in [-0.4, -0.2) is 41.3 Å². The first kappa shape index (κ1) is 21.0. The number of nitrogens with zero attached hydrogens (tertiary/aromatic N) is 2. The highest BCUT2D eigenvalue weighted by atomic mass is 32.2. The number of aromatic nitrogens is 2. The molecule has 0 saturated carbocycles. The van der Waals surface area contributed by atoms with Gasteiger partial charge in [-0.15, -0.1) is 0 Å². The number of carboxylic acids is 1. The molecule has 27 heavy (non-hydrogen) atoms. The second-order valence-corrected chi connectivity index (χ2v) is 8.93. The van der Waals surface area contributed by atoms with Gasteiger partial charge in [0.25, 0.3) is 0 Å². The zero-order valence-electron chi connectivity index (χ0n) is 14.8. The Morgan fingerprint density at radius 2 is 1.89 bits per heavy atom. The topological polar surface area (TPSA) is 115 Å². The van der Waals surface area contributed by atoms with Crippen LogP contribution >= 0.6 is 0 Å². The third-order valence-electron chi connectivity index (χ3n) is 4.17. The fraction of sp³-hybridized carbons (Fsp3) is 0.412. The molecule has 2 atom stereocenters. The minimum absolute atomic E-state index is 0.0714. The van der Waals surface area contributed by atoms with Gasteiger partial charge in [-0.1, -0.05) is 31.2 Å². The first-order valence-electron chi connectivity index (χ1n) is 8.05. The molecule has 1 heterocycles. The van der Waals surface area contributed by atoms with Crippen LogP contribution in [0.5, 0.6) is 0 Å². The molecule has 0 aliphatic rings. The number of carbonyl (C=O) groups is 1. The van der Waals surface area contributed by atoms with Gasteiger partial charge in [0.1, 0.15) is 15.4 Å². The molecular formula is C17H21F2N3O4S.